The number of halogens is 1. The Morgan fingerprint density at radius 3 is 2.54 bits per heavy atom. The second kappa shape index (κ2) is 7.31. The smallest absolute Gasteiger partial charge is 0.136 e. The van der Waals surface area contributed by atoms with E-state index in [0.717, 1.165) is 16.6 Å². The summed E-state index contributed by atoms with van der Waals surface area (Å²) in [7, 11) is 1.54. The van der Waals surface area contributed by atoms with E-state index >= 15 is 0 Å². The zero-order chi connectivity index (χ0) is 18.9. The van der Waals surface area contributed by atoms with Crippen LogP contribution in [0.25, 0.3) is 10.9 Å². The van der Waals surface area contributed by atoms with Gasteiger partial charge < -0.3 is 14.3 Å². The van der Waals surface area contributed by atoms with E-state index in [1.54, 1.807) is 13.2 Å². The highest BCUT2D eigenvalue weighted by molar-refractivity contribution is 7.90. The van der Waals surface area contributed by atoms with Crippen molar-refractivity contribution in [3.8, 4) is 5.75 Å². The summed E-state index contributed by atoms with van der Waals surface area (Å²) in [5.41, 5.74) is 2.36. The van der Waals surface area contributed by atoms with E-state index in [0.29, 0.717) is 11.3 Å². The number of hydrogen-bond acceptors (Lipinski definition) is 3. The van der Waals surface area contributed by atoms with Crippen molar-refractivity contribution in [2.45, 2.75) is 31.6 Å². The van der Waals surface area contributed by atoms with Gasteiger partial charge in [-0.15, -0.1) is 4.72 Å². The van der Waals surface area contributed by atoms with Crippen LogP contribution in [0.5, 0.6) is 5.75 Å². The van der Waals surface area contributed by atoms with Gasteiger partial charge in [-0.2, -0.15) is 0 Å². The standard InChI is InChI=1S/C20H23FN2O2S/c1-20(2,3)26(24)23-19(15-12-14(21)9-10-18(15)25-4)17-11-13-7-5-6-8-16(13)22-17/h5-12,19,22-23H,1-4H3. The SMILES string of the molecule is COc1ccc(F)cc1C(N[S+]([O-])C(C)(C)C)c1cc2ccccc2[nH]1. The lowest BCUT2D eigenvalue weighted by molar-refractivity contribution is 0.404. The van der Waals surface area contributed by atoms with Crippen molar-refractivity contribution in [1.82, 2.24) is 9.71 Å². The summed E-state index contributed by atoms with van der Waals surface area (Å²) in [5, 5.41) is 1.03. The molecule has 2 aromatic carbocycles. The molecule has 0 spiro atoms. The quantitative estimate of drug-likeness (QED) is 0.649. The second-order valence-electron chi connectivity index (χ2n) is 7.13. The summed E-state index contributed by atoms with van der Waals surface area (Å²) in [4.78, 5) is 3.35. The third kappa shape index (κ3) is 3.87. The van der Waals surface area contributed by atoms with Gasteiger partial charge in [0, 0.05) is 28.1 Å². The number of aromatic amines is 1. The molecule has 2 atom stereocenters. The van der Waals surface area contributed by atoms with Crippen molar-refractivity contribution in [1.29, 1.82) is 0 Å². The number of methoxy groups -OCH3 is 1. The molecular weight excluding hydrogens is 351 g/mol. The third-order valence-electron chi connectivity index (χ3n) is 4.15. The summed E-state index contributed by atoms with van der Waals surface area (Å²) < 4.78 is 34.8. The number of H-pyrrole nitrogens is 1. The van der Waals surface area contributed by atoms with Gasteiger partial charge in [-0.1, -0.05) is 18.2 Å². The lowest BCUT2D eigenvalue weighted by Crippen LogP contribution is -2.41. The molecule has 2 N–H and O–H groups in total. The van der Waals surface area contributed by atoms with Crippen molar-refractivity contribution >= 4 is 22.3 Å². The minimum absolute atomic E-state index is 0.370. The van der Waals surface area contributed by atoms with E-state index in [9.17, 15) is 8.94 Å². The fraction of sp³-hybridized carbons (Fsp3) is 0.300. The van der Waals surface area contributed by atoms with Crippen LogP contribution < -0.4 is 9.46 Å². The van der Waals surface area contributed by atoms with Gasteiger partial charge in [-0.3, -0.25) is 0 Å². The van der Waals surface area contributed by atoms with Gasteiger partial charge in [0.25, 0.3) is 0 Å². The molecule has 2 unspecified atom stereocenters. The summed E-state index contributed by atoms with van der Waals surface area (Å²) in [5.74, 6) is 0.165. The molecule has 1 aromatic heterocycles. The Hall–Kier alpha value is -2.02. The molecule has 0 amide bonds. The number of hydrogen-bond donors (Lipinski definition) is 2. The van der Waals surface area contributed by atoms with Gasteiger partial charge in [0.15, 0.2) is 0 Å². The molecule has 0 aliphatic heterocycles. The lowest BCUT2D eigenvalue weighted by atomic mass is 10.0. The molecule has 0 saturated heterocycles. The van der Waals surface area contributed by atoms with Crippen LogP contribution in [0.2, 0.25) is 0 Å². The van der Waals surface area contributed by atoms with Crippen molar-refractivity contribution < 1.29 is 13.7 Å². The molecule has 4 nitrogen and oxygen atoms in total. The molecule has 6 heteroatoms. The summed E-state index contributed by atoms with van der Waals surface area (Å²) >= 11 is -1.35. The lowest BCUT2D eigenvalue weighted by Gasteiger charge is -2.28. The summed E-state index contributed by atoms with van der Waals surface area (Å²) in [6.45, 7) is 5.67. The molecule has 0 fully saturated rings. The summed E-state index contributed by atoms with van der Waals surface area (Å²) in [6.07, 6.45) is 0. The molecule has 0 aliphatic rings. The predicted octanol–water partition coefficient (Wildman–Crippen LogP) is 4.46. The van der Waals surface area contributed by atoms with Gasteiger partial charge in [-0.25, -0.2) is 4.39 Å². The average Bonchev–Trinajstić information content (AvgIpc) is 3.02. The van der Waals surface area contributed by atoms with Crippen molar-refractivity contribution in [2.75, 3.05) is 7.11 Å². The highest BCUT2D eigenvalue weighted by atomic mass is 32.2. The number of nitrogens with one attached hydrogen (secondary N) is 2. The molecule has 138 valence electrons. The molecule has 1 heterocycles. The zero-order valence-corrected chi connectivity index (χ0v) is 16.1. The number of fused-ring (bicyclic) bond motifs is 1. The van der Waals surface area contributed by atoms with Crippen LogP contribution in [0.15, 0.2) is 48.5 Å². The maximum atomic E-state index is 14.0. The Morgan fingerprint density at radius 2 is 1.88 bits per heavy atom. The van der Waals surface area contributed by atoms with Crippen LogP contribution >= 0.6 is 0 Å². The van der Waals surface area contributed by atoms with Crippen molar-refractivity contribution in [3.05, 3.63) is 65.6 Å². The van der Waals surface area contributed by atoms with Crippen molar-refractivity contribution in [2.24, 2.45) is 0 Å². The average molecular weight is 374 g/mol. The van der Waals surface area contributed by atoms with Crippen LogP contribution in [-0.4, -0.2) is 21.4 Å². The van der Waals surface area contributed by atoms with Gasteiger partial charge in [0.2, 0.25) is 0 Å². The van der Waals surface area contributed by atoms with Crippen LogP contribution in [-0.2, 0) is 11.4 Å². The normalized spacial score (nSPS) is 14.4. The third-order valence-corrected chi connectivity index (χ3v) is 5.71. The Labute approximate surface area is 156 Å². The summed E-state index contributed by atoms with van der Waals surface area (Å²) in [6, 6.07) is 13.7. The first kappa shape index (κ1) is 18.8. The largest absolute Gasteiger partial charge is 0.598 e. The van der Waals surface area contributed by atoms with Gasteiger partial charge in [-0.05, 0) is 56.5 Å². The highest BCUT2D eigenvalue weighted by Crippen LogP contribution is 2.33. The van der Waals surface area contributed by atoms with Crippen LogP contribution in [0, 0.1) is 5.82 Å². The van der Waals surface area contributed by atoms with Gasteiger partial charge in [0.05, 0.1) is 7.11 Å². The Bertz CT molecular complexity index is 871. The van der Waals surface area contributed by atoms with Crippen LogP contribution in [0.1, 0.15) is 38.1 Å². The van der Waals surface area contributed by atoms with E-state index in [2.05, 4.69) is 9.71 Å². The molecule has 0 aliphatic carbocycles. The minimum atomic E-state index is -1.35. The van der Waals surface area contributed by atoms with Crippen LogP contribution in [0.4, 0.5) is 4.39 Å². The Morgan fingerprint density at radius 1 is 1.15 bits per heavy atom. The fourth-order valence-electron chi connectivity index (χ4n) is 2.76. The predicted molar refractivity (Wildman–Crippen MR) is 104 cm³/mol. The minimum Gasteiger partial charge on any atom is -0.598 e. The molecule has 26 heavy (non-hydrogen) atoms. The first-order valence-corrected chi connectivity index (χ1v) is 9.53. The van der Waals surface area contributed by atoms with Crippen molar-refractivity contribution in [3.63, 3.8) is 0 Å². The molecular formula is C20H23FN2O2S. The maximum Gasteiger partial charge on any atom is 0.136 e. The zero-order valence-electron chi connectivity index (χ0n) is 15.3. The molecule has 3 aromatic rings. The van der Waals surface area contributed by atoms with Gasteiger partial charge in [0.1, 0.15) is 22.4 Å². The molecule has 0 radical (unpaired) electrons. The Kier molecular flexibility index (Phi) is 5.27. The number of aromatic nitrogens is 1. The van der Waals surface area contributed by atoms with E-state index in [1.807, 2.05) is 51.1 Å². The molecule has 0 saturated carbocycles. The monoisotopic (exact) mass is 374 g/mol. The number of para-hydroxylation sites is 1. The van der Waals surface area contributed by atoms with E-state index in [4.69, 9.17) is 4.74 Å². The molecule has 3 rings (SSSR count). The molecule has 0 bridgehead atoms. The number of rotatable bonds is 5. The number of benzene rings is 2. The number of ether oxygens (including phenoxy) is 1. The van der Waals surface area contributed by atoms with E-state index in [1.165, 1.54) is 12.1 Å². The van der Waals surface area contributed by atoms with Gasteiger partial charge >= 0.3 is 0 Å². The first-order chi connectivity index (χ1) is 12.3. The maximum absolute atomic E-state index is 14.0. The topological polar surface area (TPSA) is 60.1 Å². The second-order valence-corrected chi connectivity index (χ2v) is 9.13. The highest BCUT2D eigenvalue weighted by Gasteiger charge is 2.32. The Balaban J connectivity index is 2.11. The first-order valence-electron chi connectivity index (χ1n) is 8.39. The van der Waals surface area contributed by atoms with E-state index < -0.39 is 22.2 Å². The van der Waals surface area contributed by atoms with Crippen LogP contribution in [0.3, 0.4) is 0 Å². The van der Waals surface area contributed by atoms with E-state index in [-0.39, 0.29) is 5.82 Å². The fourth-order valence-corrected chi connectivity index (χ4v) is 3.58.